The topological polar surface area (TPSA) is 223 Å². The first kappa shape index (κ1) is 32.5. The standard InChI is InChI=1S/C27H28N6O3S.ClHO4/c1-3-22-16-20(19-8-6-5-7-9-19)17-23(4-2)33(22)18-26(34)32-27-29-15-14-25(31-27)30-21-10-12-24(13-11-21)37(28,35)36;2-1(3,4)5/h5-17H,3-4,18H2,1-2H3,(H3-,28,29,30,31,32,34,35,36);(H,2,3,4,5). The quantitative estimate of drug-likeness (QED) is 0.191. The van der Waals surface area contributed by atoms with E-state index in [9.17, 15) is 13.2 Å². The van der Waals surface area contributed by atoms with Gasteiger partial charge in [-0.15, -0.1) is 10.2 Å². The predicted octanol–water partition coefficient (Wildman–Crippen LogP) is -1.17. The Bertz CT molecular complexity index is 1590. The molecule has 222 valence electrons. The van der Waals surface area contributed by atoms with Gasteiger partial charge in [0, 0.05) is 36.9 Å². The molecular weight excluding hydrogens is 588 g/mol. The first-order valence-electron chi connectivity index (χ1n) is 12.5. The molecule has 4 N–H and O–H groups in total. The molecule has 42 heavy (non-hydrogen) atoms. The van der Waals surface area contributed by atoms with Gasteiger partial charge in [0.15, 0.2) is 11.4 Å². The van der Waals surface area contributed by atoms with Crippen LogP contribution in [-0.4, -0.2) is 24.3 Å². The molecular formula is C27H29ClN6O7S. The number of aromatic nitrogens is 3. The molecule has 0 radical (unpaired) electrons. The van der Waals surface area contributed by atoms with Gasteiger partial charge in [-0.3, -0.25) is 10.1 Å². The number of rotatable bonds is 9. The van der Waals surface area contributed by atoms with E-state index in [1.165, 1.54) is 18.3 Å². The summed E-state index contributed by atoms with van der Waals surface area (Å²) in [5.74, 6) is 0.363. The SMILES string of the molecule is CCc1cc(-c2ccccc2)cc(CC)[n+]1CC(=O)Nc1nccc(Nc2ccc(S(N)(=O)=O)cc2)n1.[O-][Cl+3]([O-])([O-])[O-]. The molecule has 4 rings (SSSR count). The van der Waals surface area contributed by atoms with Gasteiger partial charge >= 0.3 is 0 Å². The molecule has 1 amide bonds. The normalized spacial score (nSPS) is 11.3. The zero-order chi connectivity index (χ0) is 30.9. The number of aryl methyl sites for hydroxylation is 2. The van der Waals surface area contributed by atoms with Gasteiger partial charge in [-0.1, -0.05) is 44.2 Å². The minimum absolute atomic E-state index is 0.0147. The largest absolute Gasteiger partial charge is 0.340 e. The lowest BCUT2D eigenvalue weighted by Crippen LogP contribution is -2.68. The average molecular weight is 617 g/mol. The second-order valence-corrected chi connectivity index (χ2v) is 11.1. The second kappa shape index (κ2) is 14.2. The monoisotopic (exact) mass is 616 g/mol. The van der Waals surface area contributed by atoms with Gasteiger partial charge in [-0.2, -0.15) is 9.55 Å². The van der Waals surface area contributed by atoms with Crippen LogP contribution in [0.4, 0.5) is 17.5 Å². The van der Waals surface area contributed by atoms with Gasteiger partial charge in [0.1, 0.15) is 5.82 Å². The highest BCUT2D eigenvalue weighted by Crippen LogP contribution is 2.21. The molecule has 13 nitrogen and oxygen atoms in total. The summed E-state index contributed by atoms with van der Waals surface area (Å²) in [6.07, 6.45) is 3.09. The lowest BCUT2D eigenvalue weighted by molar-refractivity contribution is -2.00. The highest BCUT2D eigenvalue weighted by atomic mass is 35.7. The molecule has 0 fully saturated rings. The number of carbonyl (C=O) groups is 1. The molecule has 0 saturated heterocycles. The van der Waals surface area contributed by atoms with E-state index < -0.39 is 20.3 Å². The number of primary sulfonamides is 1. The van der Waals surface area contributed by atoms with E-state index in [0.717, 1.165) is 35.4 Å². The van der Waals surface area contributed by atoms with Crippen molar-refractivity contribution in [1.82, 2.24) is 9.97 Å². The average Bonchev–Trinajstić information content (AvgIpc) is 2.92. The van der Waals surface area contributed by atoms with E-state index in [1.54, 1.807) is 18.2 Å². The summed E-state index contributed by atoms with van der Waals surface area (Å²) in [7, 11) is -8.71. The van der Waals surface area contributed by atoms with Crippen molar-refractivity contribution in [1.29, 1.82) is 0 Å². The van der Waals surface area contributed by atoms with Gasteiger partial charge in [-0.05, 0) is 41.5 Å². The molecule has 0 spiro atoms. The molecule has 0 bridgehead atoms. The summed E-state index contributed by atoms with van der Waals surface area (Å²) in [6, 6.07) is 22.1. The maximum atomic E-state index is 13.0. The number of nitrogens with two attached hydrogens (primary N) is 1. The highest BCUT2D eigenvalue weighted by molar-refractivity contribution is 7.89. The molecule has 2 heterocycles. The minimum Gasteiger partial charge on any atom is -0.340 e. The third-order valence-electron chi connectivity index (χ3n) is 5.83. The Kier molecular flexibility index (Phi) is 11.0. The number of pyridine rings is 1. The summed E-state index contributed by atoms with van der Waals surface area (Å²) < 4.78 is 58.9. The van der Waals surface area contributed by atoms with Crippen molar-refractivity contribution in [2.75, 3.05) is 10.6 Å². The molecule has 0 saturated carbocycles. The number of carbonyl (C=O) groups excluding carboxylic acids is 1. The molecule has 4 aromatic rings. The zero-order valence-corrected chi connectivity index (χ0v) is 24.3. The van der Waals surface area contributed by atoms with E-state index in [2.05, 4.69) is 58.7 Å². The second-order valence-electron chi connectivity index (χ2n) is 8.77. The fourth-order valence-corrected chi connectivity index (χ4v) is 4.51. The first-order valence-corrected chi connectivity index (χ1v) is 15.3. The Labute approximate surface area is 245 Å². The van der Waals surface area contributed by atoms with Crippen molar-refractivity contribution in [3.05, 3.63) is 90.4 Å². The van der Waals surface area contributed by atoms with E-state index in [-0.39, 0.29) is 23.3 Å². The summed E-state index contributed by atoms with van der Waals surface area (Å²) >= 11 is 0. The maximum Gasteiger partial charge on any atom is 0.292 e. The Balaban J connectivity index is 0.000000892. The van der Waals surface area contributed by atoms with Crippen LogP contribution in [0, 0.1) is 10.2 Å². The molecule has 0 aliphatic rings. The lowest BCUT2D eigenvalue weighted by atomic mass is 10.0. The van der Waals surface area contributed by atoms with Crippen LogP contribution in [0.3, 0.4) is 0 Å². The lowest BCUT2D eigenvalue weighted by Gasteiger charge is -2.17. The molecule has 2 aromatic heterocycles. The van der Waals surface area contributed by atoms with Gasteiger partial charge in [0.05, 0.1) is 4.90 Å². The van der Waals surface area contributed by atoms with Crippen molar-refractivity contribution in [2.24, 2.45) is 5.14 Å². The molecule has 15 heteroatoms. The summed E-state index contributed by atoms with van der Waals surface area (Å²) in [4.78, 5) is 21.5. The molecule has 2 aromatic carbocycles. The number of nitrogens with zero attached hydrogens (tertiary/aromatic N) is 3. The minimum atomic E-state index is -4.94. The van der Waals surface area contributed by atoms with E-state index in [0.29, 0.717) is 11.5 Å². The van der Waals surface area contributed by atoms with Crippen LogP contribution in [-0.2, 0) is 34.2 Å². The number of amides is 1. The Morgan fingerprint density at radius 1 is 0.905 bits per heavy atom. The molecule has 0 aliphatic carbocycles. The van der Waals surface area contributed by atoms with Gasteiger partial charge < -0.3 is 5.32 Å². The summed E-state index contributed by atoms with van der Waals surface area (Å²) in [6.45, 7) is 4.29. The van der Waals surface area contributed by atoms with E-state index >= 15 is 0 Å². The summed E-state index contributed by atoms with van der Waals surface area (Å²) in [5.41, 5.74) is 5.00. The molecule has 0 atom stereocenters. The van der Waals surface area contributed by atoms with Crippen molar-refractivity contribution < 1.29 is 46.7 Å². The third-order valence-corrected chi connectivity index (χ3v) is 6.76. The molecule has 0 aliphatic heterocycles. The van der Waals surface area contributed by atoms with Gasteiger partial charge in [-0.25, -0.2) is 37.2 Å². The van der Waals surface area contributed by atoms with Crippen LogP contribution in [0.5, 0.6) is 0 Å². The van der Waals surface area contributed by atoms with Crippen molar-refractivity contribution >= 4 is 33.4 Å². The molecule has 0 unspecified atom stereocenters. The van der Waals surface area contributed by atoms with Gasteiger partial charge in [0.25, 0.3) is 5.91 Å². The number of halogens is 1. The number of sulfonamides is 1. The first-order chi connectivity index (χ1) is 19.8. The summed E-state index contributed by atoms with van der Waals surface area (Å²) in [5, 5.41) is 11.0. The smallest absolute Gasteiger partial charge is 0.292 e. The van der Waals surface area contributed by atoms with Crippen LogP contribution in [0.25, 0.3) is 11.1 Å². The van der Waals surface area contributed by atoms with Crippen LogP contribution in [0.1, 0.15) is 25.2 Å². The zero-order valence-electron chi connectivity index (χ0n) is 22.7. The van der Waals surface area contributed by atoms with Crippen LogP contribution < -0.4 is 39.0 Å². The number of anilines is 3. The fraction of sp³-hybridized carbons (Fsp3) is 0.185. The highest BCUT2D eigenvalue weighted by Gasteiger charge is 2.21. The fourth-order valence-electron chi connectivity index (χ4n) is 4.00. The number of hydrogen-bond donors (Lipinski definition) is 3. The third kappa shape index (κ3) is 10.1. The number of benzene rings is 2. The number of hydrogen-bond acceptors (Lipinski definition) is 10. The van der Waals surface area contributed by atoms with Crippen LogP contribution in [0.2, 0.25) is 0 Å². The van der Waals surface area contributed by atoms with Crippen LogP contribution in [0.15, 0.2) is 83.9 Å². The maximum absolute atomic E-state index is 13.0. The van der Waals surface area contributed by atoms with E-state index in [1.807, 2.05) is 22.8 Å². The van der Waals surface area contributed by atoms with E-state index in [4.69, 9.17) is 23.8 Å². The van der Waals surface area contributed by atoms with Crippen LogP contribution >= 0.6 is 0 Å². The van der Waals surface area contributed by atoms with Gasteiger partial charge in [0.2, 0.25) is 22.5 Å². The van der Waals surface area contributed by atoms with Crippen molar-refractivity contribution in [3.63, 3.8) is 0 Å². The Morgan fingerprint density at radius 2 is 1.48 bits per heavy atom. The van der Waals surface area contributed by atoms with Crippen molar-refractivity contribution in [3.8, 4) is 11.1 Å². The Hall–Kier alpha value is -4.02. The predicted molar refractivity (Wildman–Crippen MR) is 143 cm³/mol. The Morgan fingerprint density at radius 3 is 2.00 bits per heavy atom. The van der Waals surface area contributed by atoms with Crippen molar-refractivity contribution in [2.45, 2.75) is 38.1 Å². The number of nitrogens with one attached hydrogen (secondary N) is 2.